The van der Waals surface area contributed by atoms with Crippen molar-refractivity contribution in [3.8, 4) is 0 Å². The Bertz CT molecular complexity index is 406. The number of likely N-dealkylation sites (N-methyl/N-ethyl adjacent to an activating group) is 1. The number of nitrogens with zero attached hydrogens (tertiary/aromatic N) is 1. The molecule has 3 N–H and O–H groups in total. The number of hydrogen-bond acceptors (Lipinski definition) is 4. The van der Waals surface area contributed by atoms with Crippen LogP contribution in [-0.4, -0.2) is 61.5 Å². The highest BCUT2D eigenvalue weighted by molar-refractivity contribution is 5.80. The summed E-state index contributed by atoms with van der Waals surface area (Å²) < 4.78 is 0. The molecule has 0 spiro atoms. The van der Waals surface area contributed by atoms with Crippen LogP contribution in [-0.2, 0) is 9.59 Å². The fraction of sp³-hybridized carbons (Fsp3) is 0.867. The maximum atomic E-state index is 12.4. The Hall–Kier alpha value is -1.14. The van der Waals surface area contributed by atoms with Crippen molar-refractivity contribution >= 4 is 11.8 Å². The van der Waals surface area contributed by atoms with Gasteiger partial charge >= 0.3 is 0 Å². The van der Waals surface area contributed by atoms with Crippen molar-refractivity contribution < 1.29 is 9.59 Å². The van der Waals surface area contributed by atoms with E-state index in [4.69, 9.17) is 0 Å². The number of rotatable bonds is 4. The van der Waals surface area contributed by atoms with Crippen molar-refractivity contribution in [2.45, 2.75) is 50.2 Å². The minimum Gasteiger partial charge on any atom is -0.358 e. The lowest BCUT2D eigenvalue weighted by molar-refractivity contribution is -0.127. The molecule has 118 valence electrons. The molecule has 2 bridgehead atoms. The Morgan fingerprint density at radius 1 is 1.19 bits per heavy atom. The molecular weight excluding hydrogens is 268 g/mol. The normalized spacial score (nSPS) is 33.1. The third-order valence-corrected chi connectivity index (χ3v) is 5.22. The second-order valence-corrected chi connectivity index (χ2v) is 6.62. The third-order valence-electron chi connectivity index (χ3n) is 5.22. The van der Waals surface area contributed by atoms with Gasteiger partial charge in [0.2, 0.25) is 11.8 Å². The van der Waals surface area contributed by atoms with E-state index in [1.54, 1.807) is 7.05 Å². The summed E-state index contributed by atoms with van der Waals surface area (Å²) in [6.45, 7) is 2.23. The van der Waals surface area contributed by atoms with Gasteiger partial charge in [0.25, 0.3) is 0 Å². The van der Waals surface area contributed by atoms with Gasteiger partial charge in [-0.2, -0.15) is 0 Å². The number of piperidine rings is 1. The average Bonchev–Trinajstić information content (AvgIpc) is 3.12. The summed E-state index contributed by atoms with van der Waals surface area (Å²) in [6, 6.07) is 1.25. The molecule has 6 nitrogen and oxygen atoms in total. The summed E-state index contributed by atoms with van der Waals surface area (Å²) in [5.41, 5.74) is 0. The van der Waals surface area contributed by atoms with E-state index in [9.17, 15) is 9.59 Å². The highest BCUT2D eigenvalue weighted by Crippen LogP contribution is 2.33. The van der Waals surface area contributed by atoms with Crippen LogP contribution in [0.15, 0.2) is 0 Å². The van der Waals surface area contributed by atoms with Gasteiger partial charge in [0, 0.05) is 38.3 Å². The lowest BCUT2D eigenvalue weighted by Gasteiger charge is -2.32. The molecular formula is C15H26N4O2. The molecule has 3 unspecified atom stereocenters. The highest BCUT2D eigenvalue weighted by Gasteiger charge is 2.43. The third kappa shape index (κ3) is 3.37. The molecule has 0 aromatic rings. The summed E-state index contributed by atoms with van der Waals surface area (Å²) in [6.07, 6.45) is 5.26. The molecule has 0 radical (unpaired) electrons. The Kier molecular flexibility index (Phi) is 4.45. The molecule has 0 saturated carbocycles. The van der Waals surface area contributed by atoms with Gasteiger partial charge in [-0.25, -0.2) is 0 Å². The van der Waals surface area contributed by atoms with Crippen molar-refractivity contribution in [3.05, 3.63) is 0 Å². The van der Waals surface area contributed by atoms with Crippen LogP contribution in [0.2, 0.25) is 0 Å². The van der Waals surface area contributed by atoms with Crippen LogP contribution < -0.4 is 16.0 Å². The first kappa shape index (κ1) is 14.8. The Balaban J connectivity index is 1.41. The van der Waals surface area contributed by atoms with Crippen molar-refractivity contribution in [2.24, 2.45) is 5.92 Å². The number of fused-ring (bicyclic) bond motifs is 2. The van der Waals surface area contributed by atoms with Crippen LogP contribution in [0.3, 0.4) is 0 Å². The average molecular weight is 294 g/mol. The maximum absolute atomic E-state index is 12.4. The summed E-state index contributed by atoms with van der Waals surface area (Å²) in [5, 5.41) is 9.40. The fourth-order valence-corrected chi connectivity index (χ4v) is 3.94. The summed E-state index contributed by atoms with van der Waals surface area (Å²) in [4.78, 5) is 25.9. The molecule has 0 aliphatic carbocycles. The zero-order valence-corrected chi connectivity index (χ0v) is 12.7. The first-order valence-electron chi connectivity index (χ1n) is 8.15. The Labute approximate surface area is 126 Å². The van der Waals surface area contributed by atoms with Crippen molar-refractivity contribution in [3.63, 3.8) is 0 Å². The first-order valence-corrected chi connectivity index (χ1v) is 8.15. The summed E-state index contributed by atoms with van der Waals surface area (Å²) in [5.74, 6) is 0.470. The van der Waals surface area contributed by atoms with Crippen LogP contribution in [0.25, 0.3) is 0 Å². The zero-order valence-electron chi connectivity index (χ0n) is 12.7. The molecule has 3 rings (SSSR count). The topological polar surface area (TPSA) is 73.5 Å². The zero-order chi connectivity index (χ0) is 14.8. The van der Waals surface area contributed by atoms with E-state index in [0.717, 1.165) is 38.8 Å². The lowest BCUT2D eigenvalue weighted by atomic mass is 9.88. The second kappa shape index (κ2) is 6.32. The maximum Gasteiger partial charge on any atom is 0.233 e. The molecule has 0 aromatic heterocycles. The van der Waals surface area contributed by atoms with Gasteiger partial charge in [-0.3, -0.25) is 14.5 Å². The van der Waals surface area contributed by atoms with Gasteiger partial charge in [-0.05, 0) is 32.1 Å². The first-order chi connectivity index (χ1) is 10.2. The van der Waals surface area contributed by atoms with E-state index in [2.05, 4.69) is 20.9 Å². The van der Waals surface area contributed by atoms with E-state index in [1.165, 1.54) is 6.42 Å². The fourth-order valence-electron chi connectivity index (χ4n) is 3.94. The Morgan fingerprint density at radius 3 is 2.52 bits per heavy atom. The SMILES string of the molecule is CNC(=O)CN1CCC(NC(=O)C2CC3CCC2N3)CC1. The molecule has 3 aliphatic heterocycles. The monoisotopic (exact) mass is 294 g/mol. The smallest absolute Gasteiger partial charge is 0.233 e. The number of likely N-dealkylation sites (tertiary alicyclic amines) is 1. The molecule has 2 amide bonds. The van der Waals surface area contributed by atoms with Crippen LogP contribution in [0.1, 0.15) is 32.1 Å². The number of nitrogens with one attached hydrogen (secondary N) is 3. The molecule has 21 heavy (non-hydrogen) atoms. The van der Waals surface area contributed by atoms with Crippen molar-refractivity contribution in [1.29, 1.82) is 0 Å². The standard InChI is InChI=1S/C15H26N4O2/c1-16-14(20)9-19-6-4-10(5-7-19)18-15(21)12-8-11-2-3-13(12)17-11/h10-13,17H,2-9H2,1H3,(H,16,20)(H,18,21). The van der Waals surface area contributed by atoms with E-state index >= 15 is 0 Å². The van der Waals surface area contributed by atoms with Crippen LogP contribution in [0.5, 0.6) is 0 Å². The minimum atomic E-state index is 0.0607. The summed E-state index contributed by atoms with van der Waals surface area (Å²) in [7, 11) is 1.67. The van der Waals surface area contributed by atoms with Gasteiger partial charge < -0.3 is 16.0 Å². The quantitative estimate of drug-likeness (QED) is 0.651. The minimum absolute atomic E-state index is 0.0607. The van der Waals surface area contributed by atoms with Crippen molar-refractivity contribution in [1.82, 2.24) is 20.9 Å². The van der Waals surface area contributed by atoms with E-state index in [-0.39, 0.29) is 23.8 Å². The van der Waals surface area contributed by atoms with E-state index < -0.39 is 0 Å². The number of amides is 2. The van der Waals surface area contributed by atoms with Crippen molar-refractivity contribution in [2.75, 3.05) is 26.7 Å². The predicted octanol–water partition coefficient (Wildman–Crippen LogP) is -0.546. The molecule has 3 aliphatic rings. The number of carbonyl (C=O) groups is 2. The predicted molar refractivity (Wildman–Crippen MR) is 79.7 cm³/mol. The van der Waals surface area contributed by atoms with Crippen LogP contribution in [0, 0.1) is 5.92 Å². The molecule has 3 saturated heterocycles. The summed E-state index contributed by atoms with van der Waals surface area (Å²) >= 11 is 0. The van der Waals surface area contributed by atoms with Gasteiger partial charge in [-0.1, -0.05) is 0 Å². The van der Waals surface area contributed by atoms with Crippen LogP contribution in [0.4, 0.5) is 0 Å². The molecule has 3 fully saturated rings. The highest BCUT2D eigenvalue weighted by atomic mass is 16.2. The van der Waals surface area contributed by atoms with E-state index in [0.29, 0.717) is 18.6 Å². The second-order valence-electron chi connectivity index (χ2n) is 6.62. The van der Waals surface area contributed by atoms with Gasteiger partial charge in [0.1, 0.15) is 0 Å². The molecule has 3 atom stereocenters. The van der Waals surface area contributed by atoms with Gasteiger partial charge in [-0.15, -0.1) is 0 Å². The number of carbonyl (C=O) groups excluding carboxylic acids is 2. The van der Waals surface area contributed by atoms with Crippen LogP contribution >= 0.6 is 0 Å². The lowest BCUT2D eigenvalue weighted by Crippen LogP contribution is -2.49. The van der Waals surface area contributed by atoms with Gasteiger partial charge in [0.05, 0.1) is 12.5 Å². The molecule has 6 heteroatoms. The molecule has 0 aromatic carbocycles. The largest absolute Gasteiger partial charge is 0.358 e. The Morgan fingerprint density at radius 2 is 1.95 bits per heavy atom. The van der Waals surface area contributed by atoms with Gasteiger partial charge in [0.15, 0.2) is 0 Å². The molecule has 3 heterocycles. The number of hydrogen-bond donors (Lipinski definition) is 3. The van der Waals surface area contributed by atoms with E-state index in [1.807, 2.05) is 0 Å².